The van der Waals surface area contributed by atoms with Crippen LogP contribution in [-0.4, -0.2) is 33.9 Å². The topological polar surface area (TPSA) is 83.8 Å². The van der Waals surface area contributed by atoms with E-state index in [1.54, 1.807) is 27.7 Å². The Morgan fingerprint density at radius 2 is 1.73 bits per heavy atom. The van der Waals surface area contributed by atoms with Crippen molar-refractivity contribution in [3.63, 3.8) is 0 Å². The number of ether oxygens (including phenoxy) is 1. The first kappa shape index (κ1) is 13.9. The molecule has 0 aromatic carbocycles. The van der Waals surface area contributed by atoms with Crippen LogP contribution in [0.3, 0.4) is 0 Å². The van der Waals surface area contributed by atoms with E-state index in [1.807, 2.05) is 0 Å². The van der Waals surface area contributed by atoms with E-state index in [1.165, 1.54) is 0 Å². The van der Waals surface area contributed by atoms with Crippen molar-refractivity contribution in [3.8, 4) is 0 Å². The van der Waals surface area contributed by atoms with Gasteiger partial charge in [0.15, 0.2) is 5.60 Å². The third-order valence-corrected chi connectivity index (χ3v) is 2.07. The van der Waals surface area contributed by atoms with E-state index in [0.29, 0.717) is 0 Å². The predicted octanol–water partition coefficient (Wildman–Crippen LogP) is 0.800. The van der Waals surface area contributed by atoms with Crippen molar-refractivity contribution in [2.45, 2.75) is 45.8 Å². The molecule has 1 unspecified atom stereocenters. The fourth-order valence-corrected chi connectivity index (χ4v) is 1.06. The molecule has 0 spiro atoms. The van der Waals surface area contributed by atoms with Gasteiger partial charge in [-0.2, -0.15) is 0 Å². The normalized spacial score (nSPS) is 15.1. The van der Waals surface area contributed by atoms with Crippen LogP contribution >= 0.6 is 0 Å². The Hall–Kier alpha value is -1.10. The molecule has 0 aliphatic carbocycles. The SMILES string of the molecule is CC(C)OC(=O)C(O)(CC(=O)O)C(C)C. The zero-order valence-electron chi connectivity index (χ0n) is 9.48. The second kappa shape index (κ2) is 5.11. The largest absolute Gasteiger partial charge is 0.481 e. The van der Waals surface area contributed by atoms with E-state index < -0.39 is 29.9 Å². The zero-order chi connectivity index (χ0) is 12.2. The van der Waals surface area contributed by atoms with E-state index in [2.05, 4.69) is 0 Å². The average molecular weight is 218 g/mol. The van der Waals surface area contributed by atoms with Crippen molar-refractivity contribution in [2.24, 2.45) is 5.92 Å². The third-order valence-electron chi connectivity index (χ3n) is 2.07. The third kappa shape index (κ3) is 3.87. The second-order valence-electron chi connectivity index (χ2n) is 4.10. The average Bonchev–Trinajstić information content (AvgIpc) is 2.00. The van der Waals surface area contributed by atoms with Gasteiger partial charge in [-0.15, -0.1) is 0 Å². The molecule has 0 aromatic rings. The van der Waals surface area contributed by atoms with Crippen LogP contribution in [-0.2, 0) is 14.3 Å². The highest BCUT2D eigenvalue weighted by molar-refractivity contribution is 5.85. The van der Waals surface area contributed by atoms with Crippen molar-refractivity contribution >= 4 is 11.9 Å². The fraction of sp³-hybridized carbons (Fsp3) is 0.800. The summed E-state index contributed by atoms with van der Waals surface area (Å²) in [6.45, 7) is 6.42. The minimum absolute atomic E-state index is 0.378. The van der Waals surface area contributed by atoms with Crippen molar-refractivity contribution in [1.29, 1.82) is 0 Å². The van der Waals surface area contributed by atoms with E-state index in [-0.39, 0.29) is 6.10 Å². The molecule has 15 heavy (non-hydrogen) atoms. The highest BCUT2D eigenvalue weighted by Crippen LogP contribution is 2.23. The summed E-state index contributed by atoms with van der Waals surface area (Å²) in [7, 11) is 0. The zero-order valence-corrected chi connectivity index (χ0v) is 9.48. The van der Waals surface area contributed by atoms with Gasteiger partial charge in [-0.3, -0.25) is 4.79 Å². The maximum Gasteiger partial charge on any atom is 0.339 e. The molecule has 5 heteroatoms. The number of hydrogen-bond acceptors (Lipinski definition) is 4. The highest BCUT2D eigenvalue weighted by Gasteiger charge is 2.43. The van der Waals surface area contributed by atoms with Gasteiger partial charge in [-0.1, -0.05) is 13.8 Å². The van der Waals surface area contributed by atoms with Crippen molar-refractivity contribution in [1.82, 2.24) is 0 Å². The Bertz CT molecular complexity index is 246. The Balaban J connectivity index is 4.78. The lowest BCUT2D eigenvalue weighted by Gasteiger charge is -2.28. The van der Waals surface area contributed by atoms with Crippen LogP contribution < -0.4 is 0 Å². The summed E-state index contributed by atoms with van der Waals surface area (Å²) in [5.74, 6) is -2.62. The molecule has 0 bridgehead atoms. The summed E-state index contributed by atoms with van der Waals surface area (Å²) in [5, 5.41) is 18.5. The molecule has 0 rings (SSSR count). The molecule has 0 radical (unpaired) electrons. The summed E-state index contributed by atoms with van der Waals surface area (Å²) in [4.78, 5) is 22.1. The standard InChI is InChI=1S/C10H18O5/c1-6(2)10(14,5-8(11)12)9(13)15-7(3)4/h6-7,14H,5H2,1-4H3,(H,11,12). The van der Waals surface area contributed by atoms with Crippen LogP contribution in [0.25, 0.3) is 0 Å². The van der Waals surface area contributed by atoms with Crippen LogP contribution in [0.4, 0.5) is 0 Å². The van der Waals surface area contributed by atoms with Gasteiger partial charge in [0.2, 0.25) is 0 Å². The molecule has 0 fully saturated rings. The number of carbonyl (C=O) groups excluding carboxylic acids is 1. The second-order valence-corrected chi connectivity index (χ2v) is 4.10. The molecule has 0 saturated carbocycles. The van der Waals surface area contributed by atoms with Crippen LogP contribution in [0.5, 0.6) is 0 Å². The number of aliphatic hydroxyl groups is 1. The highest BCUT2D eigenvalue weighted by atomic mass is 16.6. The summed E-state index contributed by atoms with van der Waals surface area (Å²) >= 11 is 0. The number of carbonyl (C=O) groups is 2. The summed E-state index contributed by atoms with van der Waals surface area (Å²) in [6.07, 6.45) is -1.02. The Morgan fingerprint density at radius 3 is 2.00 bits per heavy atom. The minimum Gasteiger partial charge on any atom is -0.481 e. The Morgan fingerprint density at radius 1 is 1.27 bits per heavy atom. The number of carboxylic acids is 1. The number of carboxylic acid groups (broad SMARTS) is 1. The lowest BCUT2D eigenvalue weighted by molar-refractivity contribution is -0.179. The molecule has 0 saturated heterocycles. The molecule has 0 aliphatic heterocycles. The van der Waals surface area contributed by atoms with Gasteiger partial charge in [0.25, 0.3) is 0 Å². The molecular formula is C10H18O5. The van der Waals surface area contributed by atoms with Gasteiger partial charge in [0.1, 0.15) is 0 Å². The van der Waals surface area contributed by atoms with Crippen LogP contribution in [0.1, 0.15) is 34.1 Å². The first-order valence-electron chi connectivity index (χ1n) is 4.85. The minimum atomic E-state index is -1.95. The van der Waals surface area contributed by atoms with E-state index >= 15 is 0 Å². The Kier molecular flexibility index (Phi) is 4.74. The molecule has 0 amide bonds. The smallest absolute Gasteiger partial charge is 0.339 e. The maximum atomic E-state index is 11.5. The van der Waals surface area contributed by atoms with Gasteiger partial charge in [0.05, 0.1) is 12.5 Å². The van der Waals surface area contributed by atoms with Crippen LogP contribution in [0, 0.1) is 5.92 Å². The van der Waals surface area contributed by atoms with E-state index in [4.69, 9.17) is 9.84 Å². The van der Waals surface area contributed by atoms with Gasteiger partial charge >= 0.3 is 11.9 Å². The number of aliphatic carboxylic acids is 1. The fourth-order valence-electron chi connectivity index (χ4n) is 1.06. The predicted molar refractivity (Wildman–Crippen MR) is 53.3 cm³/mol. The molecule has 0 heterocycles. The van der Waals surface area contributed by atoms with E-state index in [0.717, 1.165) is 0 Å². The number of esters is 1. The lowest BCUT2D eigenvalue weighted by atomic mass is 9.87. The van der Waals surface area contributed by atoms with Crippen molar-refractivity contribution in [2.75, 3.05) is 0 Å². The maximum absolute atomic E-state index is 11.5. The van der Waals surface area contributed by atoms with E-state index in [9.17, 15) is 14.7 Å². The molecule has 88 valence electrons. The molecule has 0 aromatic heterocycles. The van der Waals surface area contributed by atoms with Gasteiger partial charge in [-0.25, -0.2) is 4.79 Å². The molecular weight excluding hydrogens is 200 g/mol. The summed E-state index contributed by atoms with van der Waals surface area (Å²) in [5.41, 5.74) is -1.95. The summed E-state index contributed by atoms with van der Waals surface area (Å²) < 4.78 is 4.83. The molecule has 0 aliphatic rings. The first-order chi connectivity index (χ1) is 6.70. The van der Waals surface area contributed by atoms with Gasteiger partial charge in [-0.05, 0) is 19.8 Å². The van der Waals surface area contributed by atoms with Crippen LogP contribution in [0.2, 0.25) is 0 Å². The molecule has 5 nitrogen and oxygen atoms in total. The number of hydrogen-bond donors (Lipinski definition) is 2. The van der Waals surface area contributed by atoms with Crippen molar-refractivity contribution < 1.29 is 24.5 Å². The molecule has 1 atom stereocenters. The first-order valence-corrected chi connectivity index (χ1v) is 4.85. The quantitative estimate of drug-likeness (QED) is 0.667. The monoisotopic (exact) mass is 218 g/mol. The van der Waals surface area contributed by atoms with Gasteiger partial charge < -0.3 is 14.9 Å². The van der Waals surface area contributed by atoms with Gasteiger partial charge in [0, 0.05) is 0 Å². The summed E-state index contributed by atoms with van der Waals surface area (Å²) in [6, 6.07) is 0. The molecule has 2 N–H and O–H groups in total. The Labute approximate surface area is 89.0 Å². The van der Waals surface area contributed by atoms with Crippen LogP contribution in [0.15, 0.2) is 0 Å². The van der Waals surface area contributed by atoms with Crippen molar-refractivity contribution in [3.05, 3.63) is 0 Å². The number of rotatable bonds is 5. The lowest BCUT2D eigenvalue weighted by Crippen LogP contribution is -2.47.